The summed E-state index contributed by atoms with van der Waals surface area (Å²) in [5.74, 6) is 0.181. The Bertz CT molecular complexity index is 1140. The SMILES string of the molecule is CC(C)CCN(CCOc1ccccc1F)c1c(N)n(Cc2ccccc2)c(=O)[nH]c1=O. The van der Waals surface area contributed by atoms with Crippen molar-refractivity contribution in [3.63, 3.8) is 0 Å². The average Bonchev–Trinajstić information content (AvgIpc) is 2.76. The van der Waals surface area contributed by atoms with Crippen LogP contribution in [0.5, 0.6) is 5.75 Å². The van der Waals surface area contributed by atoms with Crippen molar-refractivity contribution in [3.05, 3.63) is 86.8 Å². The van der Waals surface area contributed by atoms with Gasteiger partial charge in [0.05, 0.1) is 13.1 Å². The summed E-state index contributed by atoms with van der Waals surface area (Å²) in [6, 6.07) is 15.6. The van der Waals surface area contributed by atoms with Crippen LogP contribution < -0.4 is 26.6 Å². The molecular weight excluding hydrogens is 411 g/mol. The topological polar surface area (TPSA) is 93.3 Å². The number of H-pyrrole nitrogens is 1. The molecule has 0 unspecified atom stereocenters. The lowest BCUT2D eigenvalue weighted by atomic mass is 10.1. The van der Waals surface area contributed by atoms with Crippen LogP contribution in [0.4, 0.5) is 15.9 Å². The van der Waals surface area contributed by atoms with Crippen molar-refractivity contribution in [1.29, 1.82) is 0 Å². The number of ether oxygens (including phenoxy) is 1. The number of nitrogens with two attached hydrogens (primary N) is 1. The van der Waals surface area contributed by atoms with Gasteiger partial charge in [-0.25, -0.2) is 9.18 Å². The molecule has 0 fully saturated rings. The van der Waals surface area contributed by atoms with Crippen LogP contribution in [0, 0.1) is 11.7 Å². The van der Waals surface area contributed by atoms with Crippen molar-refractivity contribution < 1.29 is 9.13 Å². The molecule has 3 N–H and O–H groups in total. The number of nitrogen functional groups attached to an aromatic ring is 1. The summed E-state index contributed by atoms with van der Waals surface area (Å²) >= 11 is 0. The van der Waals surface area contributed by atoms with E-state index >= 15 is 0 Å². The molecule has 3 aromatic rings. The fourth-order valence-electron chi connectivity index (χ4n) is 3.38. The highest BCUT2D eigenvalue weighted by atomic mass is 19.1. The molecule has 170 valence electrons. The van der Waals surface area contributed by atoms with E-state index in [0.717, 1.165) is 12.0 Å². The standard InChI is InChI=1S/C24H29FN4O3/c1-17(2)12-13-28(14-15-32-20-11-7-6-10-19(20)25)21-22(26)29(24(31)27-23(21)30)16-18-8-4-3-5-9-18/h3-11,17H,12-16,26H2,1-2H3,(H,27,30,31). The van der Waals surface area contributed by atoms with Crippen molar-refractivity contribution in [2.75, 3.05) is 30.3 Å². The lowest BCUT2D eigenvalue weighted by Crippen LogP contribution is -2.40. The summed E-state index contributed by atoms with van der Waals surface area (Å²) in [6.45, 7) is 5.39. The molecule has 0 saturated carbocycles. The molecule has 0 saturated heterocycles. The molecule has 0 radical (unpaired) electrons. The fraction of sp³-hybridized carbons (Fsp3) is 0.333. The van der Waals surface area contributed by atoms with E-state index in [1.165, 1.54) is 10.6 Å². The maximum absolute atomic E-state index is 13.9. The van der Waals surface area contributed by atoms with E-state index in [0.29, 0.717) is 19.0 Å². The number of aromatic amines is 1. The molecule has 0 bridgehead atoms. The molecule has 3 rings (SSSR count). The lowest BCUT2D eigenvalue weighted by molar-refractivity contribution is 0.306. The molecule has 1 aromatic heterocycles. The number of anilines is 2. The monoisotopic (exact) mass is 440 g/mol. The lowest BCUT2D eigenvalue weighted by Gasteiger charge is -2.27. The Morgan fingerprint density at radius 2 is 1.75 bits per heavy atom. The van der Waals surface area contributed by atoms with Gasteiger partial charge in [0, 0.05) is 6.54 Å². The van der Waals surface area contributed by atoms with E-state index in [1.807, 2.05) is 30.3 Å². The van der Waals surface area contributed by atoms with Crippen LogP contribution >= 0.6 is 0 Å². The van der Waals surface area contributed by atoms with Crippen LogP contribution in [-0.4, -0.2) is 29.2 Å². The number of hydrogen-bond acceptors (Lipinski definition) is 5. The van der Waals surface area contributed by atoms with E-state index in [-0.39, 0.29) is 30.4 Å². The molecule has 0 atom stereocenters. The van der Waals surface area contributed by atoms with Gasteiger partial charge in [0.1, 0.15) is 18.1 Å². The molecule has 0 spiro atoms. The Kier molecular flexibility index (Phi) is 7.70. The first-order chi connectivity index (χ1) is 15.4. The third-order valence-electron chi connectivity index (χ3n) is 5.15. The van der Waals surface area contributed by atoms with Crippen molar-refractivity contribution >= 4 is 11.5 Å². The summed E-state index contributed by atoms with van der Waals surface area (Å²) in [7, 11) is 0. The van der Waals surface area contributed by atoms with Crippen LogP contribution in [0.2, 0.25) is 0 Å². The Labute approximate surface area is 186 Å². The smallest absolute Gasteiger partial charge is 0.330 e. The highest BCUT2D eigenvalue weighted by Gasteiger charge is 2.19. The first-order valence-corrected chi connectivity index (χ1v) is 10.7. The zero-order chi connectivity index (χ0) is 23.1. The molecule has 0 amide bonds. The van der Waals surface area contributed by atoms with E-state index in [4.69, 9.17) is 10.5 Å². The van der Waals surface area contributed by atoms with E-state index in [9.17, 15) is 14.0 Å². The van der Waals surface area contributed by atoms with Crippen molar-refractivity contribution in [2.45, 2.75) is 26.8 Å². The number of para-hydroxylation sites is 1. The van der Waals surface area contributed by atoms with Gasteiger partial charge in [0.15, 0.2) is 11.6 Å². The summed E-state index contributed by atoms with van der Waals surface area (Å²) in [6.07, 6.45) is 0.802. The predicted molar refractivity (Wildman–Crippen MR) is 125 cm³/mol. The van der Waals surface area contributed by atoms with E-state index in [2.05, 4.69) is 18.8 Å². The minimum absolute atomic E-state index is 0.0947. The van der Waals surface area contributed by atoms with Crippen LogP contribution in [-0.2, 0) is 6.54 Å². The van der Waals surface area contributed by atoms with E-state index in [1.54, 1.807) is 23.1 Å². The highest BCUT2D eigenvalue weighted by Crippen LogP contribution is 2.20. The van der Waals surface area contributed by atoms with Gasteiger partial charge in [0.25, 0.3) is 5.56 Å². The van der Waals surface area contributed by atoms with Crippen LogP contribution in [0.15, 0.2) is 64.2 Å². The Balaban J connectivity index is 1.89. The number of nitrogens with zero attached hydrogens (tertiary/aromatic N) is 2. The first-order valence-electron chi connectivity index (χ1n) is 10.7. The van der Waals surface area contributed by atoms with Gasteiger partial charge in [-0.3, -0.25) is 14.3 Å². The number of hydrogen-bond donors (Lipinski definition) is 2. The Morgan fingerprint density at radius 1 is 1.06 bits per heavy atom. The minimum atomic E-state index is -0.563. The molecule has 2 aromatic carbocycles. The van der Waals surface area contributed by atoms with Gasteiger partial charge in [-0.05, 0) is 30.0 Å². The quantitative estimate of drug-likeness (QED) is 0.505. The molecule has 1 heterocycles. The molecule has 8 heteroatoms. The van der Waals surface area contributed by atoms with Crippen molar-refractivity contribution in [2.24, 2.45) is 5.92 Å². The van der Waals surface area contributed by atoms with Gasteiger partial charge < -0.3 is 15.4 Å². The number of benzene rings is 2. The summed E-state index contributed by atoms with van der Waals surface area (Å²) in [5, 5.41) is 0. The second-order valence-corrected chi connectivity index (χ2v) is 8.01. The van der Waals surface area contributed by atoms with Crippen molar-refractivity contribution in [1.82, 2.24) is 9.55 Å². The van der Waals surface area contributed by atoms with Crippen LogP contribution in [0.1, 0.15) is 25.8 Å². The zero-order valence-corrected chi connectivity index (χ0v) is 18.4. The maximum Gasteiger partial charge on any atom is 0.330 e. The molecule has 0 aliphatic carbocycles. The Hall–Kier alpha value is -3.55. The van der Waals surface area contributed by atoms with Crippen molar-refractivity contribution in [3.8, 4) is 5.75 Å². The number of rotatable bonds is 10. The third kappa shape index (κ3) is 5.78. The number of halogens is 1. The third-order valence-corrected chi connectivity index (χ3v) is 5.15. The number of aromatic nitrogens is 2. The van der Waals surface area contributed by atoms with Gasteiger partial charge in [-0.1, -0.05) is 56.3 Å². The molecule has 7 nitrogen and oxygen atoms in total. The second-order valence-electron chi connectivity index (χ2n) is 8.01. The Morgan fingerprint density at radius 3 is 2.44 bits per heavy atom. The summed E-state index contributed by atoms with van der Waals surface area (Å²) < 4.78 is 20.8. The van der Waals surface area contributed by atoms with E-state index < -0.39 is 17.1 Å². The largest absolute Gasteiger partial charge is 0.489 e. The second kappa shape index (κ2) is 10.7. The first kappa shape index (κ1) is 23.1. The molecular formula is C24H29FN4O3. The number of nitrogens with one attached hydrogen (secondary N) is 1. The van der Waals surface area contributed by atoms with Gasteiger partial charge in [0.2, 0.25) is 0 Å². The van der Waals surface area contributed by atoms with Gasteiger partial charge >= 0.3 is 5.69 Å². The average molecular weight is 441 g/mol. The fourth-order valence-corrected chi connectivity index (χ4v) is 3.38. The highest BCUT2D eigenvalue weighted by molar-refractivity contribution is 5.62. The van der Waals surface area contributed by atoms with Gasteiger partial charge in [-0.2, -0.15) is 0 Å². The summed E-state index contributed by atoms with van der Waals surface area (Å²) in [4.78, 5) is 29.4. The normalized spacial score (nSPS) is 11.0. The molecule has 0 aliphatic rings. The summed E-state index contributed by atoms with van der Waals surface area (Å²) in [5.41, 5.74) is 6.34. The van der Waals surface area contributed by atoms with Gasteiger partial charge in [-0.15, -0.1) is 0 Å². The maximum atomic E-state index is 13.9. The minimum Gasteiger partial charge on any atom is -0.489 e. The van der Waals surface area contributed by atoms with Crippen LogP contribution in [0.3, 0.4) is 0 Å². The molecule has 0 aliphatic heterocycles. The van der Waals surface area contributed by atoms with Crippen LogP contribution in [0.25, 0.3) is 0 Å². The molecule has 32 heavy (non-hydrogen) atoms. The predicted octanol–water partition coefficient (Wildman–Crippen LogP) is 3.24. The zero-order valence-electron chi connectivity index (χ0n) is 18.4.